The Bertz CT molecular complexity index is 1260. The lowest BCUT2D eigenvalue weighted by Gasteiger charge is -2.13. The first-order valence-corrected chi connectivity index (χ1v) is 9.31. The van der Waals surface area contributed by atoms with E-state index in [0.29, 0.717) is 23.3 Å². The minimum atomic E-state index is -4.98. The third-order valence-corrected chi connectivity index (χ3v) is 4.59. The van der Waals surface area contributed by atoms with Crippen molar-refractivity contribution in [3.8, 4) is 22.7 Å². The summed E-state index contributed by atoms with van der Waals surface area (Å²) >= 11 is 0. The smallest absolute Gasteiger partial charge is 0.415 e. The van der Waals surface area contributed by atoms with E-state index < -0.39 is 41.4 Å². The quantitative estimate of drug-likeness (QED) is 0.321. The fourth-order valence-corrected chi connectivity index (χ4v) is 2.99. The number of aromatic nitrogens is 5. The fraction of sp³-hybridized carbons (Fsp3) is 0.200. The van der Waals surface area contributed by atoms with Crippen molar-refractivity contribution >= 4 is 0 Å². The lowest BCUT2D eigenvalue weighted by atomic mass is 10.0. The standard InChI is InChI=1S/C20H11F8N5O/c21-16(22)18-31-30-17(34-18)11-3-1-10(2-4-11)8-33-9-15(29-32-33)12-5-13(19(23,24)25)7-14(6-12)20(26,27)28/h1-7,9,16H,8H2. The lowest BCUT2D eigenvalue weighted by Crippen LogP contribution is -2.11. The van der Waals surface area contributed by atoms with Gasteiger partial charge in [-0.15, -0.1) is 15.3 Å². The summed E-state index contributed by atoms with van der Waals surface area (Å²) in [5, 5.41) is 14.2. The van der Waals surface area contributed by atoms with Crippen LogP contribution < -0.4 is 0 Å². The molecule has 34 heavy (non-hydrogen) atoms. The maximum Gasteiger partial charge on any atom is 0.416 e. The van der Waals surface area contributed by atoms with E-state index in [-0.39, 0.29) is 24.2 Å². The summed E-state index contributed by atoms with van der Waals surface area (Å²) < 4.78 is 110. The molecule has 2 heterocycles. The van der Waals surface area contributed by atoms with Gasteiger partial charge in [-0.05, 0) is 35.9 Å². The molecule has 0 fully saturated rings. The van der Waals surface area contributed by atoms with Crippen molar-refractivity contribution < 1.29 is 39.5 Å². The summed E-state index contributed by atoms with van der Waals surface area (Å²) in [6, 6.07) is 7.34. The molecule has 0 aliphatic carbocycles. The lowest BCUT2D eigenvalue weighted by molar-refractivity contribution is -0.143. The number of nitrogens with zero attached hydrogens (tertiary/aromatic N) is 5. The van der Waals surface area contributed by atoms with Gasteiger partial charge < -0.3 is 4.42 Å². The van der Waals surface area contributed by atoms with Crippen LogP contribution in [-0.4, -0.2) is 25.2 Å². The zero-order valence-corrected chi connectivity index (χ0v) is 16.6. The molecule has 6 nitrogen and oxygen atoms in total. The summed E-state index contributed by atoms with van der Waals surface area (Å²) in [5.74, 6) is -0.938. The number of hydrogen-bond donors (Lipinski definition) is 0. The molecule has 4 rings (SSSR count). The summed E-state index contributed by atoms with van der Waals surface area (Å²) in [6.07, 6.45) is -11.7. The molecular weight excluding hydrogens is 478 g/mol. The van der Waals surface area contributed by atoms with Crippen molar-refractivity contribution in [3.63, 3.8) is 0 Å². The van der Waals surface area contributed by atoms with Crippen molar-refractivity contribution in [1.29, 1.82) is 0 Å². The third kappa shape index (κ3) is 5.05. The predicted molar refractivity (Wildman–Crippen MR) is 99.3 cm³/mol. The molecular formula is C20H11F8N5O. The van der Waals surface area contributed by atoms with E-state index in [1.54, 1.807) is 12.1 Å². The van der Waals surface area contributed by atoms with Gasteiger partial charge in [0.2, 0.25) is 5.89 Å². The van der Waals surface area contributed by atoms with E-state index in [2.05, 4.69) is 20.5 Å². The summed E-state index contributed by atoms with van der Waals surface area (Å²) in [4.78, 5) is 0. The van der Waals surface area contributed by atoms with Gasteiger partial charge in [0.15, 0.2) is 0 Å². The Hall–Kier alpha value is -3.84. The molecule has 0 aliphatic rings. The van der Waals surface area contributed by atoms with Crippen molar-refractivity contribution in [2.45, 2.75) is 25.3 Å². The van der Waals surface area contributed by atoms with E-state index in [1.807, 2.05) is 0 Å². The average Bonchev–Trinajstić information content (AvgIpc) is 3.43. The number of alkyl halides is 8. The summed E-state index contributed by atoms with van der Waals surface area (Å²) in [5.41, 5.74) is -2.51. The van der Waals surface area contributed by atoms with Crippen LogP contribution in [0.4, 0.5) is 35.1 Å². The van der Waals surface area contributed by atoms with E-state index in [4.69, 9.17) is 4.42 Å². The SMILES string of the molecule is FC(F)c1nnc(-c2ccc(Cn3cc(-c4cc(C(F)(F)F)cc(C(F)(F)F)c4)nn3)cc2)o1. The number of benzene rings is 2. The molecule has 0 bridgehead atoms. The van der Waals surface area contributed by atoms with Gasteiger partial charge in [-0.25, -0.2) is 4.68 Å². The number of halogens is 8. The zero-order chi connectivity index (χ0) is 24.7. The van der Waals surface area contributed by atoms with Gasteiger partial charge >= 0.3 is 18.8 Å². The van der Waals surface area contributed by atoms with Gasteiger partial charge in [-0.1, -0.05) is 17.3 Å². The van der Waals surface area contributed by atoms with Crippen LogP contribution in [0.1, 0.15) is 29.0 Å². The van der Waals surface area contributed by atoms with Crippen LogP contribution in [0.3, 0.4) is 0 Å². The van der Waals surface area contributed by atoms with E-state index >= 15 is 0 Å². The van der Waals surface area contributed by atoms with Crippen molar-refractivity contribution in [2.75, 3.05) is 0 Å². The van der Waals surface area contributed by atoms with E-state index in [0.717, 1.165) is 0 Å². The number of rotatable bonds is 5. The monoisotopic (exact) mass is 489 g/mol. The van der Waals surface area contributed by atoms with Crippen molar-refractivity contribution in [2.24, 2.45) is 0 Å². The molecule has 0 saturated carbocycles. The molecule has 0 radical (unpaired) electrons. The maximum atomic E-state index is 13.1. The summed E-state index contributed by atoms with van der Waals surface area (Å²) in [6.45, 7) is 0.0739. The zero-order valence-electron chi connectivity index (χ0n) is 16.6. The second-order valence-electron chi connectivity index (χ2n) is 7.04. The highest BCUT2D eigenvalue weighted by Crippen LogP contribution is 2.38. The van der Waals surface area contributed by atoms with Gasteiger partial charge in [0.05, 0.1) is 23.9 Å². The molecule has 2 aromatic heterocycles. The molecule has 0 amide bonds. The molecule has 2 aromatic carbocycles. The topological polar surface area (TPSA) is 69.6 Å². The Balaban J connectivity index is 1.56. The molecule has 0 aliphatic heterocycles. The van der Waals surface area contributed by atoms with Crippen LogP contribution in [0.25, 0.3) is 22.7 Å². The molecule has 0 N–H and O–H groups in total. The minimum Gasteiger partial charge on any atom is -0.415 e. The molecule has 178 valence electrons. The third-order valence-electron chi connectivity index (χ3n) is 4.59. The van der Waals surface area contributed by atoms with Crippen LogP contribution in [-0.2, 0) is 18.9 Å². The van der Waals surface area contributed by atoms with Gasteiger partial charge in [0.25, 0.3) is 5.89 Å². The van der Waals surface area contributed by atoms with Crippen LogP contribution in [0.2, 0.25) is 0 Å². The minimum absolute atomic E-state index is 0.0309. The van der Waals surface area contributed by atoms with Crippen LogP contribution >= 0.6 is 0 Å². The van der Waals surface area contributed by atoms with Gasteiger partial charge in [-0.2, -0.15) is 35.1 Å². The first kappa shape index (κ1) is 23.3. The van der Waals surface area contributed by atoms with Gasteiger partial charge in [0.1, 0.15) is 5.69 Å². The van der Waals surface area contributed by atoms with Crippen LogP contribution in [0.15, 0.2) is 53.1 Å². The normalized spacial score (nSPS) is 12.5. The first-order valence-electron chi connectivity index (χ1n) is 9.31. The molecule has 0 atom stereocenters. The Kier molecular flexibility index (Phi) is 5.83. The highest BCUT2D eigenvalue weighted by molar-refractivity contribution is 5.61. The van der Waals surface area contributed by atoms with E-state index in [1.165, 1.54) is 23.0 Å². The Morgan fingerprint density at radius 1 is 0.794 bits per heavy atom. The number of hydrogen-bond acceptors (Lipinski definition) is 5. The average molecular weight is 489 g/mol. The molecule has 0 unspecified atom stereocenters. The van der Waals surface area contributed by atoms with Crippen molar-refractivity contribution in [3.05, 3.63) is 71.2 Å². The first-order chi connectivity index (χ1) is 15.9. The molecule has 0 spiro atoms. The van der Waals surface area contributed by atoms with Crippen LogP contribution in [0, 0.1) is 0 Å². The Morgan fingerprint density at radius 2 is 1.41 bits per heavy atom. The highest BCUT2D eigenvalue weighted by atomic mass is 19.4. The largest absolute Gasteiger partial charge is 0.416 e. The second-order valence-corrected chi connectivity index (χ2v) is 7.04. The van der Waals surface area contributed by atoms with Crippen LogP contribution in [0.5, 0.6) is 0 Å². The van der Waals surface area contributed by atoms with Gasteiger partial charge in [-0.3, -0.25) is 0 Å². The molecule has 14 heteroatoms. The Labute approximate surface area is 184 Å². The van der Waals surface area contributed by atoms with E-state index in [9.17, 15) is 35.1 Å². The Morgan fingerprint density at radius 3 is 1.94 bits per heavy atom. The molecule has 4 aromatic rings. The molecule has 0 saturated heterocycles. The van der Waals surface area contributed by atoms with Crippen molar-refractivity contribution in [1.82, 2.24) is 25.2 Å². The predicted octanol–water partition coefficient (Wildman–Crippen LogP) is 6.02. The summed E-state index contributed by atoms with van der Waals surface area (Å²) in [7, 11) is 0. The fourth-order valence-electron chi connectivity index (χ4n) is 2.99. The second kappa shape index (κ2) is 8.50. The maximum absolute atomic E-state index is 13.1. The highest BCUT2D eigenvalue weighted by Gasteiger charge is 2.37. The van der Waals surface area contributed by atoms with Gasteiger partial charge in [0, 0.05) is 11.1 Å².